The molecular formula is C19H26N4O2. The lowest BCUT2D eigenvalue weighted by molar-refractivity contribution is -0.136. The van der Waals surface area contributed by atoms with Crippen molar-refractivity contribution in [3.8, 4) is 11.4 Å². The molecule has 134 valence electrons. The molecule has 0 aliphatic carbocycles. The maximum atomic E-state index is 12.0. The number of amides is 1. The molecule has 0 bridgehead atoms. The van der Waals surface area contributed by atoms with Crippen molar-refractivity contribution >= 4 is 5.91 Å². The van der Waals surface area contributed by atoms with E-state index in [1.54, 1.807) is 7.11 Å². The molecule has 1 unspecified atom stereocenters. The molecule has 25 heavy (non-hydrogen) atoms. The molecule has 3 rings (SSSR count). The van der Waals surface area contributed by atoms with E-state index in [2.05, 4.69) is 22.1 Å². The van der Waals surface area contributed by atoms with Crippen molar-refractivity contribution in [1.29, 1.82) is 0 Å². The van der Waals surface area contributed by atoms with Gasteiger partial charge in [-0.1, -0.05) is 6.07 Å². The molecular weight excluding hydrogens is 316 g/mol. The highest BCUT2D eigenvalue weighted by molar-refractivity contribution is 5.77. The summed E-state index contributed by atoms with van der Waals surface area (Å²) >= 11 is 0. The number of pyridine rings is 1. The number of piperidine rings is 1. The third-order valence-corrected chi connectivity index (χ3v) is 4.97. The van der Waals surface area contributed by atoms with E-state index in [-0.39, 0.29) is 12.5 Å². The Kier molecular flexibility index (Phi) is 5.48. The zero-order valence-electron chi connectivity index (χ0n) is 15.2. The van der Waals surface area contributed by atoms with Crippen LogP contribution in [-0.2, 0) is 23.0 Å². The molecule has 3 heterocycles. The fourth-order valence-electron chi connectivity index (χ4n) is 3.44. The van der Waals surface area contributed by atoms with Gasteiger partial charge in [0.2, 0.25) is 5.91 Å². The summed E-state index contributed by atoms with van der Waals surface area (Å²) < 4.78 is 7.01. The van der Waals surface area contributed by atoms with Gasteiger partial charge in [-0.25, -0.2) is 4.98 Å². The molecule has 1 saturated heterocycles. The number of imidazole rings is 1. The Bertz CT molecular complexity index is 724. The van der Waals surface area contributed by atoms with Crippen LogP contribution in [0.15, 0.2) is 24.5 Å². The zero-order chi connectivity index (χ0) is 17.8. The molecule has 6 nitrogen and oxygen atoms in total. The lowest BCUT2D eigenvalue weighted by Crippen LogP contribution is -2.42. The van der Waals surface area contributed by atoms with Gasteiger partial charge in [0.1, 0.15) is 12.4 Å². The Hall–Kier alpha value is -2.21. The average molecular weight is 342 g/mol. The molecule has 0 spiro atoms. The van der Waals surface area contributed by atoms with Crippen molar-refractivity contribution in [3.05, 3.63) is 35.9 Å². The monoisotopic (exact) mass is 342 g/mol. The summed E-state index contributed by atoms with van der Waals surface area (Å²) in [5.74, 6) is 1.55. The molecule has 0 radical (unpaired) electrons. The van der Waals surface area contributed by atoms with Gasteiger partial charge in [-0.05, 0) is 43.7 Å². The summed E-state index contributed by atoms with van der Waals surface area (Å²) in [4.78, 5) is 22.9. The van der Waals surface area contributed by atoms with Crippen LogP contribution in [0.2, 0.25) is 0 Å². The fraction of sp³-hybridized carbons (Fsp3) is 0.526. The van der Waals surface area contributed by atoms with Crippen molar-refractivity contribution in [1.82, 2.24) is 19.4 Å². The van der Waals surface area contributed by atoms with Crippen molar-refractivity contribution in [2.75, 3.05) is 26.8 Å². The minimum atomic E-state index is 0.0900. The summed E-state index contributed by atoms with van der Waals surface area (Å²) in [5, 5.41) is 0. The first-order valence-corrected chi connectivity index (χ1v) is 8.79. The average Bonchev–Trinajstić information content (AvgIpc) is 2.95. The first kappa shape index (κ1) is 17.6. The van der Waals surface area contributed by atoms with Crippen molar-refractivity contribution in [3.63, 3.8) is 0 Å². The van der Waals surface area contributed by atoms with Gasteiger partial charge in [-0.15, -0.1) is 0 Å². The van der Waals surface area contributed by atoms with Crippen LogP contribution in [0.5, 0.6) is 0 Å². The molecule has 1 atom stereocenters. The zero-order valence-corrected chi connectivity index (χ0v) is 15.2. The van der Waals surface area contributed by atoms with Crippen LogP contribution < -0.4 is 0 Å². The van der Waals surface area contributed by atoms with E-state index in [9.17, 15) is 4.79 Å². The largest absolute Gasteiger partial charge is 0.375 e. The molecule has 1 fully saturated rings. The molecule has 1 amide bonds. The van der Waals surface area contributed by atoms with E-state index < -0.39 is 0 Å². The Balaban J connectivity index is 1.63. The van der Waals surface area contributed by atoms with Gasteiger partial charge in [-0.3, -0.25) is 9.78 Å². The third kappa shape index (κ3) is 4.07. The van der Waals surface area contributed by atoms with E-state index >= 15 is 0 Å². The smallest absolute Gasteiger partial charge is 0.248 e. The second-order valence-electron chi connectivity index (χ2n) is 6.79. The minimum Gasteiger partial charge on any atom is -0.375 e. The number of methoxy groups -OCH3 is 1. The highest BCUT2D eigenvalue weighted by Crippen LogP contribution is 2.22. The number of carbonyl (C=O) groups is 1. The summed E-state index contributed by atoms with van der Waals surface area (Å²) in [6, 6.07) is 4.20. The SMILES string of the molecule is COCC(=O)N1CCCC(Cc2ccc(-c3cnc(C)n3C)nc2)C1. The summed E-state index contributed by atoms with van der Waals surface area (Å²) in [6.07, 6.45) is 6.97. The Morgan fingerprint density at radius 3 is 2.80 bits per heavy atom. The summed E-state index contributed by atoms with van der Waals surface area (Å²) in [5.41, 5.74) is 3.18. The van der Waals surface area contributed by atoms with Gasteiger partial charge in [0, 0.05) is 33.4 Å². The van der Waals surface area contributed by atoms with Crippen molar-refractivity contribution in [2.45, 2.75) is 26.2 Å². The van der Waals surface area contributed by atoms with Crippen LogP contribution in [0, 0.1) is 12.8 Å². The quantitative estimate of drug-likeness (QED) is 0.836. The number of likely N-dealkylation sites (tertiary alicyclic amines) is 1. The number of nitrogens with zero attached hydrogens (tertiary/aromatic N) is 4. The first-order valence-electron chi connectivity index (χ1n) is 8.79. The molecule has 1 aliphatic heterocycles. The maximum absolute atomic E-state index is 12.0. The molecule has 0 saturated carbocycles. The summed E-state index contributed by atoms with van der Waals surface area (Å²) in [7, 11) is 3.57. The normalized spacial score (nSPS) is 17.7. The van der Waals surface area contributed by atoms with Gasteiger partial charge in [0.15, 0.2) is 0 Å². The van der Waals surface area contributed by atoms with Gasteiger partial charge >= 0.3 is 0 Å². The topological polar surface area (TPSA) is 60.2 Å². The fourth-order valence-corrected chi connectivity index (χ4v) is 3.44. The van der Waals surface area contributed by atoms with E-state index in [1.807, 2.05) is 35.8 Å². The Morgan fingerprint density at radius 2 is 2.16 bits per heavy atom. The molecule has 2 aromatic heterocycles. The first-order chi connectivity index (χ1) is 12.1. The molecule has 0 N–H and O–H groups in total. The van der Waals surface area contributed by atoms with E-state index in [0.29, 0.717) is 5.92 Å². The molecule has 0 aromatic carbocycles. The van der Waals surface area contributed by atoms with E-state index in [0.717, 1.165) is 49.6 Å². The lowest BCUT2D eigenvalue weighted by atomic mass is 9.91. The minimum absolute atomic E-state index is 0.0900. The lowest BCUT2D eigenvalue weighted by Gasteiger charge is -2.32. The molecule has 6 heteroatoms. The number of carbonyl (C=O) groups excluding carboxylic acids is 1. The van der Waals surface area contributed by atoms with Crippen LogP contribution in [0.4, 0.5) is 0 Å². The highest BCUT2D eigenvalue weighted by Gasteiger charge is 2.23. The number of ether oxygens (including phenoxy) is 1. The van der Waals surface area contributed by atoms with E-state index in [4.69, 9.17) is 4.74 Å². The van der Waals surface area contributed by atoms with Crippen LogP contribution in [-0.4, -0.2) is 52.1 Å². The highest BCUT2D eigenvalue weighted by atomic mass is 16.5. The van der Waals surface area contributed by atoms with Gasteiger partial charge in [-0.2, -0.15) is 0 Å². The van der Waals surface area contributed by atoms with Gasteiger partial charge in [0.05, 0.1) is 17.6 Å². The summed E-state index contributed by atoms with van der Waals surface area (Å²) in [6.45, 7) is 3.81. The maximum Gasteiger partial charge on any atom is 0.248 e. The van der Waals surface area contributed by atoms with Crippen LogP contribution in [0.3, 0.4) is 0 Å². The van der Waals surface area contributed by atoms with Gasteiger partial charge < -0.3 is 14.2 Å². The van der Waals surface area contributed by atoms with Crippen LogP contribution in [0.1, 0.15) is 24.2 Å². The predicted molar refractivity (Wildman–Crippen MR) is 96.1 cm³/mol. The predicted octanol–water partition coefficient (Wildman–Crippen LogP) is 2.22. The van der Waals surface area contributed by atoms with E-state index in [1.165, 1.54) is 5.56 Å². The number of rotatable bonds is 5. The second kappa shape index (κ2) is 7.78. The number of aryl methyl sites for hydroxylation is 1. The standard InChI is InChI=1S/C19H26N4O2/c1-14-20-11-18(22(14)2)17-7-6-15(10-21-17)9-16-5-4-8-23(12-16)19(24)13-25-3/h6-7,10-11,16H,4-5,8-9,12-13H2,1-3H3. The Morgan fingerprint density at radius 1 is 1.32 bits per heavy atom. The molecule has 1 aliphatic rings. The number of hydrogen-bond donors (Lipinski definition) is 0. The van der Waals surface area contributed by atoms with Crippen LogP contribution in [0.25, 0.3) is 11.4 Å². The van der Waals surface area contributed by atoms with Gasteiger partial charge in [0.25, 0.3) is 0 Å². The van der Waals surface area contributed by atoms with Crippen LogP contribution >= 0.6 is 0 Å². The number of aromatic nitrogens is 3. The number of hydrogen-bond acceptors (Lipinski definition) is 4. The second-order valence-corrected chi connectivity index (χ2v) is 6.79. The molecule has 2 aromatic rings. The van der Waals surface area contributed by atoms with Crippen molar-refractivity contribution in [2.24, 2.45) is 13.0 Å². The Labute approximate surface area is 148 Å². The van der Waals surface area contributed by atoms with Crippen molar-refractivity contribution < 1.29 is 9.53 Å². The third-order valence-electron chi connectivity index (χ3n) is 4.97.